The second kappa shape index (κ2) is 7.56. The van der Waals surface area contributed by atoms with Gasteiger partial charge in [0.1, 0.15) is 11.5 Å². The molecule has 5 nitrogen and oxygen atoms in total. The monoisotopic (exact) mass is 387 g/mol. The molecule has 3 rings (SSSR count). The molecule has 0 radical (unpaired) electrons. The molecular formula is C19H11Cl2NO4. The van der Waals surface area contributed by atoms with Crippen molar-refractivity contribution in [1.29, 1.82) is 0 Å². The number of carbonyl (C=O) groups excluding carboxylic acids is 1. The van der Waals surface area contributed by atoms with Crippen LogP contribution in [0.15, 0.2) is 65.1 Å². The van der Waals surface area contributed by atoms with Gasteiger partial charge in [-0.25, -0.2) is 0 Å². The molecule has 26 heavy (non-hydrogen) atoms. The summed E-state index contributed by atoms with van der Waals surface area (Å²) in [6.07, 6.45) is 2.78. The topological polar surface area (TPSA) is 73.3 Å². The van der Waals surface area contributed by atoms with Gasteiger partial charge in [0, 0.05) is 28.3 Å². The molecule has 130 valence electrons. The predicted molar refractivity (Wildman–Crippen MR) is 101 cm³/mol. The molecule has 0 fully saturated rings. The summed E-state index contributed by atoms with van der Waals surface area (Å²) in [6, 6.07) is 14.0. The third-order valence-electron chi connectivity index (χ3n) is 3.56. The minimum absolute atomic E-state index is 0.139. The standard InChI is InChI=1S/C19H11Cl2NO4/c20-13-4-7-17(21)16(11-13)19-9-6-15(26-19)5-8-18(23)12-2-1-3-14(10-12)22(24)25/h1-11H/b8-5+. The van der Waals surface area contributed by atoms with E-state index in [0.29, 0.717) is 27.1 Å². The van der Waals surface area contributed by atoms with E-state index in [1.54, 1.807) is 30.3 Å². The second-order valence-electron chi connectivity index (χ2n) is 5.33. The van der Waals surface area contributed by atoms with Crippen LogP contribution in [0.2, 0.25) is 10.0 Å². The van der Waals surface area contributed by atoms with Crippen LogP contribution < -0.4 is 0 Å². The molecule has 7 heteroatoms. The zero-order valence-electron chi connectivity index (χ0n) is 13.2. The van der Waals surface area contributed by atoms with Crippen molar-refractivity contribution >= 4 is 40.7 Å². The fourth-order valence-corrected chi connectivity index (χ4v) is 2.68. The van der Waals surface area contributed by atoms with E-state index in [2.05, 4.69) is 0 Å². The maximum Gasteiger partial charge on any atom is 0.270 e. The summed E-state index contributed by atoms with van der Waals surface area (Å²) >= 11 is 12.1. The Hall–Kier alpha value is -2.89. The lowest BCUT2D eigenvalue weighted by Crippen LogP contribution is -1.96. The van der Waals surface area contributed by atoms with Crippen LogP contribution in [0.1, 0.15) is 16.1 Å². The number of nitrogens with zero attached hydrogens (tertiary/aromatic N) is 1. The van der Waals surface area contributed by atoms with Gasteiger partial charge in [0.15, 0.2) is 5.78 Å². The van der Waals surface area contributed by atoms with Gasteiger partial charge in [-0.3, -0.25) is 14.9 Å². The van der Waals surface area contributed by atoms with Crippen LogP contribution in [0, 0.1) is 10.1 Å². The first kappa shape index (κ1) is 17.9. The lowest BCUT2D eigenvalue weighted by molar-refractivity contribution is -0.384. The highest BCUT2D eigenvalue weighted by Gasteiger charge is 2.11. The number of nitro benzene ring substituents is 1. The predicted octanol–water partition coefficient (Wildman–Crippen LogP) is 6.06. The van der Waals surface area contributed by atoms with Gasteiger partial charge in [-0.05, 0) is 42.5 Å². The first-order valence-electron chi connectivity index (χ1n) is 7.46. The largest absolute Gasteiger partial charge is 0.457 e. The number of ketones is 1. The van der Waals surface area contributed by atoms with Gasteiger partial charge < -0.3 is 4.42 Å². The molecule has 0 spiro atoms. The summed E-state index contributed by atoms with van der Waals surface area (Å²) in [5.74, 6) is 0.585. The van der Waals surface area contributed by atoms with Crippen molar-refractivity contribution in [2.75, 3.05) is 0 Å². The van der Waals surface area contributed by atoms with E-state index >= 15 is 0 Å². The number of furan rings is 1. The van der Waals surface area contributed by atoms with Crippen LogP contribution in [0.4, 0.5) is 5.69 Å². The molecule has 0 bridgehead atoms. The highest BCUT2D eigenvalue weighted by Crippen LogP contribution is 2.32. The Labute approximate surface area is 158 Å². The molecule has 0 saturated heterocycles. The van der Waals surface area contributed by atoms with Crippen molar-refractivity contribution in [2.45, 2.75) is 0 Å². The van der Waals surface area contributed by atoms with Crippen LogP contribution in [-0.2, 0) is 0 Å². The second-order valence-corrected chi connectivity index (χ2v) is 6.17. The summed E-state index contributed by atoms with van der Waals surface area (Å²) in [4.78, 5) is 22.4. The Morgan fingerprint density at radius 1 is 1.08 bits per heavy atom. The molecule has 1 aromatic heterocycles. The lowest BCUT2D eigenvalue weighted by atomic mass is 10.1. The molecule has 3 aromatic rings. The molecule has 0 atom stereocenters. The summed E-state index contributed by atoms with van der Waals surface area (Å²) in [6.45, 7) is 0. The van der Waals surface area contributed by atoms with Crippen LogP contribution in [0.5, 0.6) is 0 Å². The molecule has 0 aliphatic heterocycles. The van der Waals surface area contributed by atoms with E-state index in [1.165, 1.54) is 36.4 Å². The van der Waals surface area contributed by atoms with E-state index in [-0.39, 0.29) is 17.0 Å². The van der Waals surface area contributed by atoms with Gasteiger partial charge >= 0.3 is 0 Å². The van der Waals surface area contributed by atoms with Crippen molar-refractivity contribution in [2.24, 2.45) is 0 Å². The summed E-state index contributed by atoms with van der Waals surface area (Å²) < 4.78 is 5.66. The van der Waals surface area contributed by atoms with Crippen LogP contribution >= 0.6 is 23.2 Å². The zero-order chi connectivity index (χ0) is 18.7. The van der Waals surface area contributed by atoms with Crippen molar-refractivity contribution < 1.29 is 14.1 Å². The van der Waals surface area contributed by atoms with Crippen molar-refractivity contribution in [3.63, 3.8) is 0 Å². The highest BCUT2D eigenvalue weighted by molar-refractivity contribution is 6.35. The van der Waals surface area contributed by atoms with E-state index in [0.717, 1.165) is 0 Å². The fourth-order valence-electron chi connectivity index (χ4n) is 2.30. The van der Waals surface area contributed by atoms with Gasteiger partial charge in [0.2, 0.25) is 0 Å². The van der Waals surface area contributed by atoms with E-state index in [9.17, 15) is 14.9 Å². The Kier molecular flexibility index (Phi) is 5.21. The molecule has 2 aromatic carbocycles. The first-order chi connectivity index (χ1) is 12.4. The first-order valence-corrected chi connectivity index (χ1v) is 8.22. The van der Waals surface area contributed by atoms with E-state index in [1.807, 2.05) is 0 Å². The number of rotatable bonds is 5. The van der Waals surface area contributed by atoms with Crippen molar-refractivity contribution in [3.8, 4) is 11.3 Å². The number of allylic oxidation sites excluding steroid dienone is 1. The number of carbonyl (C=O) groups is 1. The molecular weight excluding hydrogens is 377 g/mol. The van der Waals surface area contributed by atoms with Gasteiger partial charge in [0.25, 0.3) is 5.69 Å². The number of benzene rings is 2. The third kappa shape index (κ3) is 4.02. The molecule has 1 heterocycles. The Balaban J connectivity index is 1.80. The van der Waals surface area contributed by atoms with Gasteiger partial charge in [0.05, 0.1) is 9.95 Å². The Morgan fingerprint density at radius 2 is 1.88 bits per heavy atom. The highest BCUT2D eigenvalue weighted by atomic mass is 35.5. The molecule has 0 aliphatic rings. The van der Waals surface area contributed by atoms with E-state index < -0.39 is 4.92 Å². The van der Waals surface area contributed by atoms with Crippen molar-refractivity contribution in [3.05, 3.63) is 92.2 Å². The number of halogens is 2. The maximum absolute atomic E-state index is 12.2. The smallest absolute Gasteiger partial charge is 0.270 e. The minimum atomic E-state index is -0.548. The molecule has 0 saturated carbocycles. The number of nitro groups is 1. The van der Waals surface area contributed by atoms with Crippen LogP contribution in [0.25, 0.3) is 17.4 Å². The molecule has 0 N–H and O–H groups in total. The number of hydrogen-bond donors (Lipinski definition) is 0. The molecule has 0 amide bonds. The number of non-ortho nitro benzene ring substituents is 1. The minimum Gasteiger partial charge on any atom is -0.457 e. The van der Waals surface area contributed by atoms with Gasteiger partial charge in [-0.15, -0.1) is 0 Å². The van der Waals surface area contributed by atoms with Crippen LogP contribution in [-0.4, -0.2) is 10.7 Å². The number of hydrogen-bond acceptors (Lipinski definition) is 4. The summed E-state index contributed by atoms with van der Waals surface area (Å²) in [7, 11) is 0. The Morgan fingerprint density at radius 3 is 2.65 bits per heavy atom. The average Bonchev–Trinajstić information content (AvgIpc) is 3.10. The average molecular weight is 388 g/mol. The summed E-state index contributed by atoms with van der Waals surface area (Å²) in [5, 5.41) is 11.8. The Bertz CT molecular complexity index is 1020. The normalized spacial score (nSPS) is 11.0. The quantitative estimate of drug-likeness (QED) is 0.231. The summed E-state index contributed by atoms with van der Waals surface area (Å²) in [5.41, 5.74) is 0.726. The van der Waals surface area contributed by atoms with E-state index in [4.69, 9.17) is 27.6 Å². The SMILES string of the molecule is O=C(/C=C/c1ccc(-c2cc(Cl)ccc2Cl)o1)c1cccc([N+](=O)[O-])c1. The van der Waals surface area contributed by atoms with Crippen molar-refractivity contribution in [1.82, 2.24) is 0 Å². The van der Waals surface area contributed by atoms with Gasteiger partial charge in [-0.1, -0.05) is 35.3 Å². The lowest BCUT2D eigenvalue weighted by Gasteiger charge is -2.01. The zero-order valence-corrected chi connectivity index (χ0v) is 14.7. The van der Waals surface area contributed by atoms with Crippen LogP contribution in [0.3, 0.4) is 0 Å². The van der Waals surface area contributed by atoms with Gasteiger partial charge in [-0.2, -0.15) is 0 Å². The molecule has 0 unspecified atom stereocenters. The molecule has 0 aliphatic carbocycles. The third-order valence-corrected chi connectivity index (χ3v) is 4.13. The fraction of sp³-hybridized carbons (Fsp3) is 0. The maximum atomic E-state index is 12.2.